The minimum absolute atomic E-state index is 0. The Morgan fingerprint density at radius 1 is 0.662 bits per heavy atom. The van der Waals surface area contributed by atoms with Crippen LogP contribution in [0.1, 0.15) is 179 Å². The van der Waals surface area contributed by atoms with Crippen molar-refractivity contribution in [3.63, 3.8) is 0 Å². The zero-order chi connectivity index (χ0) is 46.3. The molecule has 4 N–H and O–H groups in total. The number of aliphatic hydroxyl groups is 2. The van der Waals surface area contributed by atoms with E-state index in [1.807, 2.05) is 24.3 Å². The molecule has 0 saturated carbocycles. The van der Waals surface area contributed by atoms with Gasteiger partial charge in [0, 0.05) is 42.4 Å². The van der Waals surface area contributed by atoms with E-state index in [1.54, 1.807) is 0 Å². The van der Waals surface area contributed by atoms with Crippen LogP contribution in [0, 0.1) is 0 Å². The number of aliphatic hydroxyl groups excluding tert-OH is 2. The zero-order valence-corrected chi connectivity index (χ0v) is 42.3. The van der Waals surface area contributed by atoms with Gasteiger partial charge in [-0.15, -0.1) is 0 Å². The molecule has 1 amide bonds. The summed E-state index contributed by atoms with van der Waals surface area (Å²) in [7, 11) is -5.17. The molecule has 2 aromatic rings. The summed E-state index contributed by atoms with van der Waals surface area (Å²) in [5.41, 5.74) is 2.64. The molecule has 1 unspecified atom stereocenters. The number of amides is 1. The molecule has 1 heterocycles. The largest absolute Gasteiger partial charge is 0.462 e. The van der Waals surface area contributed by atoms with Gasteiger partial charge in [-0.25, -0.2) is 4.18 Å². The first-order chi connectivity index (χ1) is 31.0. The Morgan fingerprint density at radius 3 is 1.62 bits per heavy atom. The van der Waals surface area contributed by atoms with E-state index in [2.05, 4.69) is 48.6 Å². The average molecular weight is 941 g/mol. The molecule has 65 heavy (non-hydrogen) atoms. The summed E-state index contributed by atoms with van der Waals surface area (Å²) in [6.07, 6.45) is 15.7. The van der Waals surface area contributed by atoms with Crippen molar-refractivity contribution in [2.75, 3.05) is 6.61 Å². The summed E-state index contributed by atoms with van der Waals surface area (Å²) >= 11 is 0. The smallest absolute Gasteiger partial charge is 0.397 e. The third kappa shape index (κ3) is 27.3. The minimum atomic E-state index is -5.17. The van der Waals surface area contributed by atoms with Crippen LogP contribution in [0.3, 0.4) is 0 Å². The molecule has 6 atom stereocenters. The molecule has 1 saturated heterocycles. The molecule has 0 aliphatic carbocycles. The fourth-order valence-corrected chi connectivity index (χ4v) is 8.82. The number of rotatable bonds is 36. The van der Waals surface area contributed by atoms with Gasteiger partial charge in [-0.3, -0.25) is 18.9 Å². The van der Waals surface area contributed by atoms with Gasteiger partial charge in [0.2, 0.25) is 5.91 Å². The zero-order valence-electron chi connectivity index (χ0n) is 39.5. The van der Waals surface area contributed by atoms with E-state index in [0.717, 1.165) is 103 Å². The van der Waals surface area contributed by atoms with Crippen LogP contribution in [0.5, 0.6) is 0 Å². The van der Waals surface area contributed by atoms with Crippen molar-refractivity contribution in [1.29, 1.82) is 0 Å². The molecule has 1 fully saturated rings. The molecule has 1 aliphatic heterocycles. The quantitative estimate of drug-likeness (QED) is 0.0219. The Hall–Kier alpha value is -2.40. The SMILES string of the molecule is CCCCCCCCCCC[C@@H](CC(=O)N[C@H]1C(O)O[C@H](CO)[C@@H](OS(=O)(=O)O)[C@@H]1OC(=O)CCCCCCCCc1ccccc1)OC(=O)CCCCCCCCc1ccccc1.[Na]. The number of unbranched alkanes of at least 4 members (excludes halogenated alkanes) is 18. The summed E-state index contributed by atoms with van der Waals surface area (Å²) in [5, 5.41) is 23.6. The topological polar surface area (TPSA) is 195 Å². The molecule has 1 aliphatic rings. The summed E-state index contributed by atoms with van der Waals surface area (Å²) in [4.78, 5) is 40.0. The first kappa shape index (κ1) is 58.7. The van der Waals surface area contributed by atoms with Crippen molar-refractivity contribution in [1.82, 2.24) is 5.32 Å². The van der Waals surface area contributed by atoms with Gasteiger partial charge in [-0.1, -0.05) is 170 Å². The number of carbonyl (C=O) groups is 3. The van der Waals surface area contributed by atoms with E-state index in [1.165, 1.54) is 43.2 Å². The maximum absolute atomic E-state index is 13.7. The van der Waals surface area contributed by atoms with Crippen molar-refractivity contribution < 1.29 is 56.0 Å². The van der Waals surface area contributed by atoms with Gasteiger partial charge in [0.1, 0.15) is 24.4 Å². The molecule has 0 aromatic heterocycles. The molecule has 1 radical (unpaired) electrons. The number of esters is 2. The maximum Gasteiger partial charge on any atom is 0.397 e. The van der Waals surface area contributed by atoms with Crippen LogP contribution in [-0.4, -0.2) is 114 Å². The molecular weight excluding hydrogens is 862 g/mol. The van der Waals surface area contributed by atoms with Gasteiger partial charge < -0.3 is 29.7 Å². The van der Waals surface area contributed by atoms with Crippen molar-refractivity contribution in [2.24, 2.45) is 0 Å². The fraction of sp³-hybridized carbons (Fsp3) is 0.700. The third-order valence-corrected chi connectivity index (χ3v) is 12.4. The fourth-order valence-electron chi connectivity index (χ4n) is 8.31. The molecule has 363 valence electrons. The van der Waals surface area contributed by atoms with Gasteiger partial charge >= 0.3 is 22.3 Å². The van der Waals surface area contributed by atoms with Crippen molar-refractivity contribution in [2.45, 2.75) is 217 Å². The van der Waals surface area contributed by atoms with Crippen LogP contribution in [0.4, 0.5) is 0 Å². The second-order valence-electron chi connectivity index (χ2n) is 17.4. The average Bonchev–Trinajstić information content (AvgIpc) is 3.27. The van der Waals surface area contributed by atoms with E-state index < -0.39 is 71.6 Å². The van der Waals surface area contributed by atoms with Crippen molar-refractivity contribution in [3.05, 3.63) is 71.8 Å². The number of aryl methyl sites for hydroxylation is 2. The third-order valence-electron chi connectivity index (χ3n) is 11.9. The van der Waals surface area contributed by atoms with Crippen LogP contribution in [0.25, 0.3) is 0 Å². The molecule has 2 aromatic carbocycles. The Bertz CT molecular complexity index is 1650. The van der Waals surface area contributed by atoms with Gasteiger partial charge in [-0.05, 0) is 62.5 Å². The Kier molecular flexibility index (Phi) is 32.3. The number of hydrogen-bond acceptors (Lipinski definition) is 11. The number of carbonyl (C=O) groups excluding carboxylic acids is 3. The standard InChI is InChI=1S/C50H79NO12S.Na/c1-2-3-4-5-6-7-8-15-26-35-42(60-45(54)36-27-16-11-9-13-20-29-40-31-22-18-23-32-40)38-44(53)51-47-49(48(63-64(57,58)59)43(39-52)61-50(47)56)62-46(55)37-28-17-12-10-14-21-30-41-33-24-19-25-34-41;/h18-19,22-25,31-34,42-43,47-50,52,56H,2-17,20-21,26-30,35-39H2,1H3,(H,51,53)(H,57,58,59);/t42-,43+,47+,48+,49+,50?;/m0./s1. The normalized spacial score (nSPS) is 18.9. The van der Waals surface area contributed by atoms with E-state index in [-0.39, 0.29) is 48.8 Å². The molecule has 13 nitrogen and oxygen atoms in total. The van der Waals surface area contributed by atoms with Gasteiger partial charge in [-0.2, -0.15) is 8.42 Å². The minimum Gasteiger partial charge on any atom is -0.462 e. The predicted octanol–water partition coefficient (Wildman–Crippen LogP) is 9.07. The molecule has 15 heteroatoms. The Balaban J connectivity index is 0.0000145. The molecule has 0 bridgehead atoms. The van der Waals surface area contributed by atoms with Gasteiger partial charge in [0.15, 0.2) is 12.4 Å². The first-order valence-corrected chi connectivity index (χ1v) is 25.7. The monoisotopic (exact) mass is 941 g/mol. The summed E-state index contributed by atoms with van der Waals surface area (Å²) < 4.78 is 55.3. The summed E-state index contributed by atoms with van der Waals surface area (Å²) in [6, 6.07) is 19.1. The van der Waals surface area contributed by atoms with Crippen LogP contribution >= 0.6 is 0 Å². The van der Waals surface area contributed by atoms with Crippen LogP contribution in [0.2, 0.25) is 0 Å². The van der Waals surface area contributed by atoms with E-state index in [0.29, 0.717) is 19.3 Å². The van der Waals surface area contributed by atoms with E-state index >= 15 is 0 Å². The second-order valence-corrected chi connectivity index (χ2v) is 18.5. The summed E-state index contributed by atoms with van der Waals surface area (Å²) in [5.74, 6) is -1.81. The Morgan fingerprint density at radius 2 is 1.12 bits per heavy atom. The van der Waals surface area contributed by atoms with Gasteiger partial charge in [0.05, 0.1) is 13.0 Å². The predicted molar refractivity (Wildman–Crippen MR) is 253 cm³/mol. The number of nitrogens with one attached hydrogen (secondary N) is 1. The van der Waals surface area contributed by atoms with Crippen LogP contribution in [0.15, 0.2) is 60.7 Å². The van der Waals surface area contributed by atoms with Crippen molar-refractivity contribution >= 4 is 57.8 Å². The molecule has 3 rings (SSSR count). The number of ether oxygens (including phenoxy) is 3. The second kappa shape index (κ2) is 35.7. The maximum atomic E-state index is 13.7. The van der Waals surface area contributed by atoms with Gasteiger partial charge in [0.25, 0.3) is 0 Å². The number of benzene rings is 2. The van der Waals surface area contributed by atoms with Crippen LogP contribution in [-0.2, 0) is 56.0 Å². The molecule has 0 spiro atoms. The Labute approximate surface area is 412 Å². The first-order valence-electron chi connectivity index (χ1n) is 24.3. The molecular formula is C50H79NNaO12S. The van der Waals surface area contributed by atoms with Crippen molar-refractivity contribution in [3.8, 4) is 0 Å². The van der Waals surface area contributed by atoms with E-state index in [9.17, 15) is 37.6 Å². The summed E-state index contributed by atoms with van der Waals surface area (Å²) in [6.45, 7) is 1.33. The number of hydrogen-bond donors (Lipinski definition) is 4. The van der Waals surface area contributed by atoms with Crippen LogP contribution < -0.4 is 5.32 Å². The van der Waals surface area contributed by atoms with E-state index in [4.69, 9.17) is 18.4 Å².